The predicted molar refractivity (Wildman–Crippen MR) is 100 cm³/mol. The summed E-state index contributed by atoms with van der Waals surface area (Å²) in [5.74, 6) is 0. The largest absolute Gasteiger partial charge is 0.365 e. The number of hydrogen-bond donors (Lipinski definition) is 0. The van der Waals surface area contributed by atoms with Gasteiger partial charge in [0.15, 0.2) is 0 Å². The van der Waals surface area contributed by atoms with Crippen molar-refractivity contribution in [3.8, 4) is 0 Å². The molecule has 3 rings (SSSR count). The van der Waals surface area contributed by atoms with E-state index >= 15 is 0 Å². The normalized spacial score (nSPS) is 23.3. The van der Waals surface area contributed by atoms with Crippen LogP contribution in [0.1, 0.15) is 49.4 Å². The molecule has 122 valence electrons. The maximum Gasteiger partial charge on any atom is 0.0430 e. The maximum atomic E-state index is 2.64. The van der Waals surface area contributed by atoms with Crippen molar-refractivity contribution in [1.82, 2.24) is 0 Å². The number of benzene rings is 2. The molecule has 2 aromatic rings. The van der Waals surface area contributed by atoms with E-state index in [1.54, 1.807) is 0 Å². The highest BCUT2D eigenvalue weighted by Crippen LogP contribution is 2.47. The van der Waals surface area contributed by atoms with Gasteiger partial charge in [0.1, 0.15) is 0 Å². The predicted octanol–water partition coefficient (Wildman–Crippen LogP) is 5.56. The summed E-state index contributed by atoms with van der Waals surface area (Å²) < 4.78 is 0. The molecule has 0 spiro atoms. The summed E-state index contributed by atoms with van der Waals surface area (Å²) in [4.78, 5) is 2.64. The third-order valence-corrected chi connectivity index (χ3v) is 5.44. The summed E-state index contributed by atoms with van der Waals surface area (Å²) in [6, 6.07) is 15.6. The van der Waals surface area contributed by atoms with E-state index in [1.165, 1.54) is 34.4 Å². The van der Waals surface area contributed by atoms with Gasteiger partial charge >= 0.3 is 0 Å². The fourth-order valence-electron chi connectivity index (χ4n) is 4.68. The highest BCUT2D eigenvalue weighted by molar-refractivity contribution is 5.63. The lowest BCUT2D eigenvalue weighted by Crippen LogP contribution is -2.39. The second-order valence-electron chi connectivity index (χ2n) is 8.25. The highest BCUT2D eigenvalue weighted by Gasteiger charge is 2.47. The van der Waals surface area contributed by atoms with Crippen LogP contribution in [-0.2, 0) is 5.41 Å². The van der Waals surface area contributed by atoms with Crippen LogP contribution in [0.25, 0.3) is 0 Å². The Balaban J connectivity index is 2.05. The minimum Gasteiger partial charge on any atom is -0.365 e. The van der Waals surface area contributed by atoms with Crippen molar-refractivity contribution in [3.05, 3.63) is 64.7 Å². The van der Waals surface area contributed by atoms with Gasteiger partial charge in [0.25, 0.3) is 0 Å². The van der Waals surface area contributed by atoms with E-state index < -0.39 is 0 Å². The van der Waals surface area contributed by atoms with Crippen molar-refractivity contribution < 1.29 is 0 Å². The number of anilines is 1. The summed E-state index contributed by atoms with van der Waals surface area (Å²) in [6.07, 6.45) is 1.18. The molecule has 1 aliphatic rings. The van der Waals surface area contributed by atoms with Crippen molar-refractivity contribution in [2.75, 3.05) is 11.4 Å². The van der Waals surface area contributed by atoms with E-state index in [9.17, 15) is 0 Å². The van der Waals surface area contributed by atoms with Crippen LogP contribution in [0, 0.1) is 20.8 Å². The summed E-state index contributed by atoms with van der Waals surface area (Å²) in [6.45, 7) is 15.0. The monoisotopic (exact) mass is 307 g/mol. The Morgan fingerprint density at radius 2 is 1.43 bits per heavy atom. The fraction of sp³-hybridized carbons (Fsp3) is 0.455. The zero-order chi connectivity index (χ0) is 16.8. The van der Waals surface area contributed by atoms with Crippen LogP contribution in [0.3, 0.4) is 0 Å². The number of hydrogen-bond acceptors (Lipinski definition) is 1. The highest BCUT2D eigenvalue weighted by atomic mass is 15.2. The van der Waals surface area contributed by atoms with Crippen molar-refractivity contribution in [2.24, 2.45) is 0 Å². The average molecular weight is 307 g/mol. The van der Waals surface area contributed by atoms with Gasteiger partial charge in [-0.2, -0.15) is 0 Å². The van der Waals surface area contributed by atoms with Crippen molar-refractivity contribution in [1.29, 1.82) is 0 Å². The zero-order valence-corrected chi connectivity index (χ0v) is 15.4. The van der Waals surface area contributed by atoms with E-state index in [2.05, 4.69) is 88.9 Å². The Morgan fingerprint density at radius 3 is 2.00 bits per heavy atom. The first-order valence-corrected chi connectivity index (χ1v) is 8.64. The third kappa shape index (κ3) is 2.78. The van der Waals surface area contributed by atoms with Crippen molar-refractivity contribution in [2.45, 2.75) is 58.9 Å². The SMILES string of the molecule is Cc1cc(C)c(N2C[C@@](C)(c3ccccc3)CC2(C)C)c(C)c1. The molecule has 1 saturated heterocycles. The van der Waals surface area contributed by atoms with Gasteiger partial charge in [0.05, 0.1) is 0 Å². The molecule has 0 N–H and O–H groups in total. The molecule has 1 aliphatic heterocycles. The van der Waals surface area contributed by atoms with Crippen LogP contribution in [0.2, 0.25) is 0 Å². The van der Waals surface area contributed by atoms with Crippen molar-refractivity contribution in [3.63, 3.8) is 0 Å². The Hall–Kier alpha value is -1.76. The van der Waals surface area contributed by atoms with E-state index in [0.29, 0.717) is 0 Å². The Kier molecular flexibility index (Phi) is 3.78. The summed E-state index contributed by atoms with van der Waals surface area (Å²) >= 11 is 0. The van der Waals surface area contributed by atoms with Gasteiger partial charge in [-0.3, -0.25) is 0 Å². The van der Waals surface area contributed by atoms with Crippen molar-refractivity contribution >= 4 is 5.69 Å². The number of aryl methyl sites for hydroxylation is 3. The second-order valence-corrected chi connectivity index (χ2v) is 8.25. The van der Waals surface area contributed by atoms with E-state index in [0.717, 1.165) is 6.54 Å². The molecule has 0 aliphatic carbocycles. The first-order valence-electron chi connectivity index (χ1n) is 8.64. The molecular formula is C22H29N. The molecule has 0 bridgehead atoms. The smallest absolute Gasteiger partial charge is 0.0430 e. The molecular weight excluding hydrogens is 278 g/mol. The molecule has 0 unspecified atom stereocenters. The molecule has 1 atom stereocenters. The first-order chi connectivity index (χ1) is 10.7. The standard InChI is InChI=1S/C22H29N/c1-16-12-17(2)20(18(3)13-16)23-15-22(6,14-21(23,4)5)19-10-8-7-9-11-19/h7-13H,14-15H2,1-6H3/t22-/m0/s1. The Bertz CT molecular complexity index is 691. The topological polar surface area (TPSA) is 3.24 Å². The quantitative estimate of drug-likeness (QED) is 0.702. The molecule has 1 nitrogen and oxygen atoms in total. The molecule has 2 aromatic carbocycles. The minimum absolute atomic E-state index is 0.162. The Labute approximate surface area is 141 Å². The average Bonchev–Trinajstić information content (AvgIpc) is 2.70. The third-order valence-electron chi connectivity index (χ3n) is 5.44. The van der Waals surface area contributed by atoms with Crippen LogP contribution in [0.4, 0.5) is 5.69 Å². The first kappa shape index (κ1) is 16.1. The van der Waals surface area contributed by atoms with Gasteiger partial charge in [-0.1, -0.05) is 55.0 Å². The van der Waals surface area contributed by atoms with Gasteiger partial charge in [0, 0.05) is 23.2 Å². The zero-order valence-electron chi connectivity index (χ0n) is 15.4. The molecule has 1 heteroatoms. The van der Waals surface area contributed by atoms with Gasteiger partial charge in [-0.15, -0.1) is 0 Å². The van der Waals surface area contributed by atoms with Crippen LogP contribution in [0.15, 0.2) is 42.5 Å². The summed E-state index contributed by atoms with van der Waals surface area (Å²) in [5.41, 5.74) is 7.40. The van der Waals surface area contributed by atoms with Gasteiger partial charge in [0.2, 0.25) is 0 Å². The van der Waals surface area contributed by atoms with Crippen LogP contribution in [0.5, 0.6) is 0 Å². The molecule has 1 fully saturated rings. The lowest BCUT2D eigenvalue weighted by molar-refractivity contribution is 0.445. The van der Waals surface area contributed by atoms with Crippen LogP contribution < -0.4 is 4.90 Å². The van der Waals surface area contributed by atoms with Crippen LogP contribution >= 0.6 is 0 Å². The van der Waals surface area contributed by atoms with E-state index in [4.69, 9.17) is 0 Å². The van der Waals surface area contributed by atoms with Crippen LogP contribution in [-0.4, -0.2) is 12.1 Å². The molecule has 0 saturated carbocycles. The Morgan fingerprint density at radius 1 is 0.870 bits per heavy atom. The maximum absolute atomic E-state index is 2.64. The summed E-state index contributed by atoms with van der Waals surface area (Å²) in [5, 5.41) is 0. The molecule has 0 radical (unpaired) electrons. The molecule has 0 aromatic heterocycles. The second kappa shape index (κ2) is 5.40. The molecule has 0 amide bonds. The fourth-order valence-corrected chi connectivity index (χ4v) is 4.68. The van der Waals surface area contributed by atoms with Gasteiger partial charge in [-0.05, 0) is 57.7 Å². The number of nitrogens with zero attached hydrogens (tertiary/aromatic N) is 1. The van der Waals surface area contributed by atoms with E-state index in [-0.39, 0.29) is 11.0 Å². The molecule has 23 heavy (non-hydrogen) atoms. The lowest BCUT2D eigenvalue weighted by Gasteiger charge is -2.36. The van der Waals surface area contributed by atoms with Gasteiger partial charge < -0.3 is 4.90 Å². The van der Waals surface area contributed by atoms with Gasteiger partial charge in [-0.25, -0.2) is 0 Å². The lowest BCUT2D eigenvalue weighted by atomic mass is 9.78. The number of rotatable bonds is 2. The summed E-state index contributed by atoms with van der Waals surface area (Å²) in [7, 11) is 0. The van der Waals surface area contributed by atoms with E-state index in [1.807, 2.05) is 0 Å². The molecule has 1 heterocycles. The minimum atomic E-state index is 0.162.